The van der Waals surface area contributed by atoms with Crippen molar-refractivity contribution in [1.82, 2.24) is 4.90 Å². The molecule has 2 heterocycles. The van der Waals surface area contributed by atoms with E-state index in [1.165, 1.54) is 12.8 Å². The molecule has 1 amide bonds. The molecule has 114 valence electrons. The zero-order valence-electron chi connectivity index (χ0n) is 12.8. The van der Waals surface area contributed by atoms with Gasteiger partial charge in [-0.3, -0.25) is 4.79 Å². The molecule has 2 N–H and O–H groups in total. The number of hydrogen-bond acceptors (Lipinski definition) is 3. The lowest BCUT2D eigenvalue weighted by molar-refractivity contribution is -0.131. The molecule has 2 atom stereocenters. The van der Waals surface area contributed by atoms with Crippen molar-refractivity contribution < 1.29 is 4.79 Å². The summed E-state index contributed by atoms with van der Waals surface area (Å²) in [5.74, 6) is 1.04. The second-order valence-electron chi connectivity index (χ2n) is 6.15. The summed E-state index contributed by atoms with van der Waals surface area (Å²) in [7, 11) is 0. The van der Waals surface area contributed by atoms with E-state index in [4.69, 9.17) is 0 Å². The number of benzene rings is 1. The Morgan fingerprint density at radius 2 is 2.05 bits per heavy atom. The van der Waals surface area contributed by atoms with Gasteiger partial charge in [0.2, 0.25) is 5.91 Å². The summed E-state index contributed by atoms with van der Waals surface area (Å²) in [5.41, 5.74) is 2.12. The Balaban J connectivity index is 1.64. The molecule has 0 spiro atoms. The molecule has 1 saturated heterocycles. The average molecular weight is 287 g/mol. The summed E-state index contributed by atoms with van der Waals surface area (Å²) >= 11 is 0. The van der Waals surface area contributed by atoms with E-state index >= 15 is 0 Å². The van der Waals surface area contributed by atoms with Crippen LogP contribution in [-0.2, 0) is 4.79 Å². The van der Waals surface area contributed by atoms with E-state index < -0.39 is 0 Å². The SMILES string of the molecule is CCC1CCCN(C(=O)C2CNc3ccccc3N2)CC1. The van der Waals surface area contributed by atoms with Gasteiger partial charge in [0.25, 0.3) is 0 Å². The first-order valence-electron chi connectivity index (χ1n) is 8.16. The molecule has 2 aliphatic heterocycles. The summed E-state index contributed by atoms with van der Waals surface area (Å²) in [6, 6.07) is 7.93. The van der Waals surface area contributed by atoms with Crippen LogP contribution in [0, 0.1) is 5.92 Å². The largest absolute Gasteiger partial charge is 0.381 e. The van der Waals surface area contributed by atoms with Crippen LogP contribution in [0.5, 0.6) is 0 Å². The van der Waals surface area contributed by atoms with Crippen molar-refractivity contribution in [2.24, 2.45) is 5.92 Å². The standard InChI is InChI=1S/C17H25N3O/c1-2-13-6-5-10-20(11-9-13)17(21)16-12-18-14-7-3-4-8-15(14)19-16/h3-4,7-8,13,16,18-19H,2,5-6,9-12H2,1H3. The highest BCUT2D eigenvalue weighted by molar-refractivity contribution is 5.88. The first-order chi connectivity index (χ1) is 10.3. The predicted molar refractivity (Wildman–Crippen MR) is 86.6 cm³/mol. The third-order valence-electron chi connectivity index (χ3n) is 4.79. The van der Waals surface area contributed by atoms with E-state index in [0.717, 1.165) is 43.2 Å². The maximum atomic E-state index is 12.7. The first kappa shape index (κ1) is 14.2. The van der Waals surface area contributed by atoms with Crippen molar-refractivity contribution in [3.63, 3.8) is 0 Å². The van der Waals surface area contributed by atoms with Gasteiger partial charge in [-0.05, 0) is 37.3 Å². The van der Waals surface area contributed by atoms with Gasteiger partial charge in [-0.15, -0.1) is 0 Å². The van der Waals surface area contributed by atoms with Gasteiger partial charge in [0.1, 0.15) is 6.04 Å². The van der Waals surface area contributed by atoms with Gasteiger partial charge in [-0.25, -0.2) is 0 Å². The molecule has 1 aromatic carbocycles. The van der Waals surface area contributed by atoms with E-state index in [9.17, 15) is 4.79 Å². The Kier molecular flexibility index (Phi) is 4.32. The van der Waals surface area contributed by atoms with E-state index in [1.807, 2.05) is 24.3 Å². The molecule has 3 rings (SSSR count). The van der Waals surface area contributed by atoms with Gasteiger partial charge in [-0.1, -0.05) is 25.5 Å². The minimum atomic E-state index is -0.141. The molecule has 21 heavy (non-hydrogen) atoms. The lowest BCUT2D eigenvalue weighted by atomic mass is 9.98. The van der Waals surface area contributed by atoms with E-state index in [-0.39, 0.29) is 11.9 Å². The Hall–Kier alpha value is -1.71. The molecule has 1 aromatic rings. The molecule has 2 aliphatic rings. The van der Waals surface area contributed by atoms with Crippen LogP contribution in [0.15, 0.2) is 24.3 Å². The van der Waals surface area contributed by atoms with Crippen molar-refractivity contribution in [2.45, 2.75) is 38.6 Å². The molecule has 0 bridgehead atoms. The van der Waals surface area contributed by atoms with Crippen LogP contribution < -0.4 is 10.6 Å². The smallest absolute Gasteiger partial charge is 0.246 e. The Bertz CT molecular complexity index is 503. The molecule has 0 radical (unpaired) electrons. The maximum absolute atomic E-state index is 12.7. The van der Waals surface area contributed by atoms with Gasteiger partial charge in [-0.2, -0.15) is 0 Å². The van der Waals surface area contributed by atoms with Crippen LogP contribution in [0.4, 0.5) is 11.4 Å². The van der Waals surface area contributed by atoms with Crippen LogP contribution in [0.2, 0.25) is 0 Å². The molecule has 1 fully saturated rings. The number of hydrogen-bond donors (Lipinski definition) is 2. The topological polar surface area (TPSA) is 44.4 Å². The van der Waals surface area contributed by atoms with Crippen LogP contribution in [-0.4, -0.2) is 36.5 Å². The maximum Gasteiger partial charge on any atom is 0.246 e. The summed E-state index contributed by atoms with van der Waals surface area (Å²) < 4.78 is 0. The molecule has 4 nitrogen and oxygen atoms in total. The predicted octanol–water partition coefficient (Wildman–Crippen LogP) is 2.93. The first-order valence-corrected chi connectivity index (χ1v) is 8.16. The van der Waals surface area contributed by atoms with Crippen molar-refractivity contribution >= 4 is 17.3 Å². The molecular weight excluding hydrogens is 262 g/mol. The number of para-hydroxylation sites is 2. The van der Waals surface area contributed by atoms with Gasteiger partial charge in [0.15, 0.2) is 0 Å². The highest BCUT2D eigenvalue weighted by Crippen LogP contribution is 2.26. The number of nitrogens with one attached hydrogen (secondary N) is 2. The molecular formula is C17H25N3O. The van der Waals surface area contributed by atoms with Gasteiger partial charge < -0.3 is 15.5 Å². The Labute approximate surface area is 126 Å². The van der Waals surface area contributed by atoms with Crippen LogP contribution >= 0.6 is 0 Å². The monoisotopic (exact) mass is 287 g/mol. The fraction of sp³-hybridized carbons (Fsp3) is 0.588. The lowest BCUT2D eigenvalue weighted by Gasteiger charge is -2.31. The minimum absolute atomic E-state index is 0.141. The molecule has 4 heteroatoms. The van der Waals surface area contributed by atoms with Crippen LogP contribution in [0.3, 0.4) is 0 Å². The summed E-state index contributed by atoms with van der Waals surface area (Å²) in [5, 5.41) is 6.74. The van der Waals surface area contributed by atoms with Crippen molar-refractivity contribution in [3.05, 3.63) is 24.3 Å². The second-order valence-corrected chi connectivity index (χ2v) is 6.15. The third kappa shape index (κ3) is 3.14. The third-order valence-corrected chi connectivity index (χ3v) is 4.79. The molecule has 0 saturated carbocycles. The number of nitrogens with zero attached hydrogens (tertiary/aromatic N) is 1. The average Bonchev–Trinajstić information content (AvgIpc) is 2.79. The van der Waals surface area contributed by atoms with Gasteiger partial charge in [0.05, 0.1) is 11.4 Å². The van der Waals surface area contributed by atoms with Crippen molar-refractivity contribution in [3.8, 4) is 0 Å². The number of amides is 1. The van der Waals surface area contributed by atoms with Gasteiger partial charge >= 0.3 is 0 Å². The summed E-state index contributed by atoms with van der Waals surface area (Å²) in [4.78, 5) is 14.8. The zero-order valence-corrected chi connectivity index (χ0v) is 12.8. The fourth-order valence-electron chi connectivity index (χ4n) is 3.38. The number of rotatable bonds is 2. The summed E-state index contributed by atoms with van der Waals surface area (Å²) in [6.07, 6.45) is 4.79. The quantitative estimate of drug-likeness (QED) is 0.879. The highest BCUT2D eigenvalue weighted by atomic mass is 16.2. The van der Waals surface area contributed by atoms with Crippen LogP contribution in [0.25, 0.3) is 0 Å². The second kappa shape index (κ2) is 6.37. The van der Waals surface area contributed by atoms with Gasteiger partial charge in [0, 0.05) is 19.6 Å². The molecule has 2 unspecified atom stereocenters. The van der Waals surface area contributed by atoms with E-state index in [0.29, 0.717) is 6.54 Å². The van der Waals surface area contributed by atoms with Crippen molar-refractivity contribution in [1.29, 1.82) is 0 Å². The lowest BCUT2D eigenvalue weighted by Crippen LogP contribution is -2.48. The number of carbonyl (C=O) groups is 1. The minimum Gasteiger partial charge on any atom is -0.381 e. The van der Waals surface area contributed by atoms with Crippen LogP contribution in [0.1, 0.15) is 32.6 Å². The summed E-state index contributed by atoms with van der Waals surface area (Å²) in [6.45, 7) is 4.75. The number of carbonyl (C=O) groups excluding carboxylic acids is 1. The Morgan fingerprint density at radius 1 is 1.24 bits per heavy atom. The Morgan fingerprint density at radius 3 is 2.86 bits per heavy atom. The zero-order chi connectivity index (χ0) is 14.7. The number of likely N-dealkylation sites (tertiary alicyclic amines) is 1. The van der Waals surface area contributed by atoms with E-state index in [2.05, 4.69) is 22.5 Å². The molecule has 0 aliphatic carbocycles. The fourth-order valence-corrected chi connectivity index (χ4v) is 3.38. The van der Waals surface area contributed by atoms with E-state index in [1.54, 1.807) is 0 Å². The normalized spacial score (nSPS) is 25.3. The molecule has 0 aromatic heterocycles. The number of fused-ring (bicyclic) bond motifs is 1. The number of anilines is 2. The highest BCUT2D eigenvalue weighted by Gasteiger charge is 2.28. The van der Waals surface area contributed by atoms with Crippen molar-refractivity contribution in [2.75, 3.05) is 30.3 Å².